The van der Waals surface area contributed by atoms with E-state index in [0.29, 0.717) is 10.2 Å². The molecule has 0 radical (unpaired) electrons. The average Bonchev–Trinajstić information content (AvgIpc) is 2.87. The predicted molar refractivity (Wildman–Crippen MR) is 69.6 cm³/mol. The van der Waals surface area contributed by atoms with Crippen molar-refractivity contribution in [1.29, 1.82) is 0 Å². The highest BCUT2D eigenvalue weighted by Gasteiger charge is 2.22. The molecule has 7 heteroatoms. The lowest BCUT2D eigenvalue weighted by Gasteiger charge is -2.04. The molecule has 3 N–H and O–H groups in total. The van der Waals surface area contributed by atoms with E-state index in [-0.39, 0.29) is 17.8 Å². The van der Waals surface area contributed by atoms with Crippen molar-refractivity contribution in [3.8, 4) is 0 Å². The highest BCUT2D eigenvalue weighted by molar-refractivity contribution is 7.18. The Balaban J connectivity index is 2.06. The van der Waals surface area contributed by atoms with Gasteiger partial charge in [0.25, 0.3) is 5.56 Å². The molecule has 0 saturated carbocycles. The van der Waals surface area contributed by atoms with Crippen molar-refractivity contribution in [2.45, 2.75) is 31.8 Å². The van der Waals surface area contributed by atoms with E-state index < -0.39 is 12.1 Å². The van der Waals surface area contributed by atoms with Crippen LogP contribution < -0.4 is 5.56 Å². The second-order valence-corrected chi connectivity index (χ2v) is 5.69. The average molecular weight is 280 g/mol. The van der Waals surface area contributed by atoms with E-state index in [2.05, 4.69) is 9.97 Å². The standard InChI is InChI=1S/C12H12N2O4S/c15-6(12(17)18)4-8-13-10(16)9-5-2-1-3-7(5)19-11(9)14-8/h6,15H,1-4H2,(H,17,18)(H,13,14,16)/t6-/m1/s1. The van der Waals surface area contributed by atoms with E-state index in [9.17, 15) is 14.7 Å². The first kappa shape index (κ1) is 12.3. The molecule has 2 heterocycles. The summed E-state index contributed by atoms with van der Waals surface area (Å²) in [5.41, 5.74) is 0.844. The maximum atomic E-state index is 12.1. The van der Waals surface area contributed by atoms with Gasteiger partial charge in [-0.25, -0.2) is 9.78 Å². The highest BCUT2D eigenvalue weighted by atomic mass is 32.1. The van der Waals surface area contributed by atoms with Gasteiger partial charge in [0.05, 0.1) is 5.39 Å². The zero-order valence-electron chi connectivity index (χ0n) is 9.97. The smallest absolute Gasteiger partial charge is 0.332 e. The molecular formula is C12H12N2O4S. The van der Waals surface area contributed by atoms with Gasteiger partial charge in [-0.3, -0.25) is 4.79 Å². The summed E-state index contributed by atoms with van der Waals surface area (Å²) in [6, 6.07) is 0. The molecule has 1 atom stereocenters. The molecule has 0 bridgehead atoms. The van der Waals surface area contributed by atoms with E-state index in [4.69, 9.17) is 5.11 Å². The van der Waals surface area contributed by atoms with Crippen LogP contribution in [0.25, 0.3) is 10.2 Å². The van der Waals surface area contributed by atoms with Crippen LogP contribution in [0.3, 0.4) is 0 Å². The fraction of sp³-hybridized carbons (Fsp3) is 0.417. The number of carbonyl (C=O) groups is 1. The minimum absolute atomic E-state index is 0.191. The number of carboxylic acid groups (broad SMARTS) is 1. The normalized spacial score (nSPS) is 15.6. The molecule has 6 nitrogen and oxygen atoms in total. The number of carboxylic acids is 1. The van der Waals surface area contributed by atoms with Crippen LogP contribution in [0.1, 0.15) is 22.7 Å². The first-order chi connectivity index (χ1) is 9.06. The second-order valence-electron chi connectivity index (χ2n) is 4.61. The third-order valence-electron chi connectivity index (χ3n) is 3.30. The van der Waals surface area contributed by atoms with E-state index in [1.807, 2.05) is 0 Å². The molecular weight excluding hydrogens is 268 g/mol. The number of aromatic nitrogens is 2. The van der Waals surface area contributed by atoms with Crippen molar-refractivity contribution >= 4 is 27.5 Å². The third kappa shape index (κ3) is 2.04. The van der Waals surface area contributed by atoms with E-state index >= 15 is 0 Å². The first-order valence-corrected chi connectivity index (χ1v) is 6.82. The Morgan fingerprint density at radius 2 is 2.26 bits per heavy atom. The number of aliphatic hydroxyl groups excluding tert-OH is 1. The van der Waals surface area contributed by atoms with Crippen molar-refractivity contribution in [3.63, 3.8) is 0 Å². The Morgan fingerprint density at radius 3 is 3.00 bits per heavy atom. The van der Waals surface area contributed by atoms with Crippen molar-refractivity contribution < 1.29 is 15.0 Å². The lowest BCUT2D eigenvalue weighted by atomic mass is 10.2. The van der Waals surface area contributed by atoms with Crippen LogP contribution in [-0.2, 0) is 24.1 Å². The largest absolute Gasteiger partial charge is 0.479 e. The fourth-order valence-corrected chi connectivity index (χ4v) is 3.69. The number of aliphatic hydroxyl groups is 1. The molecule has 3 rings (SSSR count). The zero-order chi connectivity index (χ0) is 13.6. The Bertz CT molecular complexity index is 718. The molecule has 1 aliphatic carbocycles. The first-order valence-electron chi connectivity index (χ1n) is 6.00. The summed E-state index contributed by atoms with van der Waals surface area (Å²) in [6.45, 7) is 0. The van der Waals surface area contributed by atoms with Crippen molar-refractivity contribution in [3.05, 3.63) is 26.6 Å². The van der Waals surface area contributed by atoms with E-state index in [1.165, 1.54) is 16.2 Å². The van der Waals surface area contributed by atoms with E-state index in [0.717, 1.165) is 24.8 Å². The van der Waals surface area contributed by atoms with Gasteiger partial charge < -0.3 is 15.2 Å². The number of aliphatic carboxylic acids is 1. The molecule has 1 aliphatic rings. The van der Waals surface area contributed by atoms with Crippen LogP contribution in [0, 0.1) is 0 Å². The molecule has 2 aromatic heterocycles. The van der Waals surface area contributed by atoms with Gasteiger partial charge in [0, 0.05) is 11.3 Å². The maximum Gasteiger partial charge on any atom is 0.332 e. The number of nitrogens with zero attached hydrogens (tertiary/aromatic N) is 1. The number of aryl methyl sites for hydroxylation is 2. The summed E-state index contributed by atoms with van der Waals surface area (Å²) in [5, 5.41) is 18.6. The van der Waals surface area contributed by atoms with Gasteiger partial charge >= 0.3 is 5.97 Å². The highest BCUT2D eigenvalue weighted by Crippen LogP contribution is 2.34. The summed E-state index contributed by atoms with van der Waals surface area (Å²) in [4.78, 5) is 31.3. The Morgan fingerprint density at radius 1 is 1.47 bits per heavy atom. The van der Waals surface area contributed by atoms with Crippen molar-refractivity contribution in [1.82, 2.24) is 9.97 Å². The predicted octanol–water partition coefficient (Wildman–Crippen LogP) is 0.461. The number of thiophene rings is 1. The number of hydrogen-bond donors (Lipinski definition) is 3. The lowest BCUT2D eigenvalue weighted by molar-refractivity contribution is -0.146. The molecule has 19 heavy (non-hydrogen) atoms. The van der Waals surface area contributed by atoms with Gasteiger partial charge in [-0.2, -0.15) is 0 Å². The number of fused-ring (bicyclic) bond motifs is 3. The number of hydrogen-bond acceptors (Lipinski definition) is 5. The van der Waals surface area contributed by atoms with Gasteiger partial charge in [0.2, 0.25) is 0 Å². The Hall–Kier alpha value is -1.73. The third-order valence-corrected chi connectivity index (χ3v) is 4.48. The molecule has 100 valence electrons. The Labute approximate surface area is 111 Å². The maximum absolute atomic E-state index is 12.1. The molecule has 0 aliphatic heterocycles. The minimum atomic E-state index is -1.55. The van der Waals surface area contributed by atoms with Crippen LogP contribution >= 0.6 is 11.3 Å². The topological polar surface area (TPSA) is 103 Å². The van der Waals surface area contributed by atoms with Crippen molar-refractivity contribution in [2.24, 2.45) is 0 Å². The Kier molecular flexibility index (Phi) is 2.87. The second kappa shape index (κ2) is 4.43. The molecule has 0 saturated heterocycles. The molecule has 0 unspecified atom stereocenters. The monoisotopic (exact) mass is 280 g/mol. The molecule has 0 fully saturated rings. The van der Waals surface area contributed by atoms with Crippen LogP contribution in [0.4, 0.5) is 0 Å². The lowest BCUT2D eigenvalue weighted by Crippen LogP contribution is -2.24. The summed E-state index contributed by atoms with van der Waals surface area (Å²) in [5.74, 6) is -1.11. The van der Waals surface area contributed by atoms with Gasteiger partial charge in [0.1, 0.15) is 10.7 Å². The molecule has 0 aromatic carbocycles. The summed E-state index contributed by atoms with van der Waals surface area (Å²) in [6.07, 6.45) is 1.20. The molecule has 2 aromatic rings. The number of H-pyrrole nitrogens is 1. The van der Waals surface area contributed by atoms with Crippen LogP contribution in [0.15, 0.2) is 4.79 Å². The van der Waals surface area contributed by atoms with E-state index in [1.54, 1.807) is 0 Å². The quantitative estimate of drug-likeness (QED) is 0.758. The number of nitrogens with one attached hydrogen (secondary N) is 1. The van der Waals surface area contributed by atoms with Crippen LogP contribution in [0.5, 0.6) is 0 Å². The van der Waals surface area contributed by atoms with Gasteiger partial charge in [-0.15, -0.1) is 11.3 Å². The van der Waals surface area contributed by atoms with Crippen LogP contribution in [0.2, 0.25) is 0 Å². The van der Waals surface area contributed by atoms with Crippen molar-refractivity contribution in [2.75, 3.05) is 0 Å². The minimum Gasteiger partial charge on any atom is -0.479 e. The number of rotatable bonds is 3. The summed E-state index contributed by atoms with van der Waals surface area (Å²) in [7, 11) is 0. The number of aromatic amines is 1. The summed E-state index contributed by atoms with van der Waals surface area (Å²) >= 11 is 1.49. The molecule has 0 amide bonds. The SMILES string of the molecule is O=C(O)[C@H](O)Cc1nc2sc3c(c2c(=O)[nH]1)CCC3. The fourth-order valence-electron chi connectivity index (χ4n) is 2.41. The van der Waals surface area contributed by atoms with Gasteiger partial charge in [-0.1, -0.05) is 0 Å². The molecule has 0 spiro atoms. The zero-order valence-corrected chi connectivity index (χ0v) is 10.8. The van der Waals surface area contributed by atoms with Gasteiger partial charge in [0.15, 0.2) is 6.10 Å². The summed E-state index contributed by atoms with van der Waals surface area (Å²) < 4.78 is 0. The van der Waals surface area contributed by atoms with Crippen LogP contribution in [-0.4, -0.2) is 32.3 Å². The van der Waals surface area contributed by atoms with Gasteiger partial charge in [-0.05, 0) is 24.8 Å².